The number of nitrogens with zero attached hydrogens (tertiary/aromatic N) is 1. The number of fused-ring (bicyclic) bond motifs is 2. The molecular formula is C21H23NO3. The molecule has 0 fully saturated rings. The number of hydrogen-bond acceptors (Lipinski definition) is 4. The van der Waals surface area contributed by atoms with E-state index in [1.807, 2.05) is 12.1 Å². The molecular weight excluding hydrogens is 314 g/mol. The van der Waals surface area contributed by atoms with Crippen LogP contribution >= 0.6 is 0 Å². The highest BCUT2D eigenvalue weighted by Gasteiger charge is 2.57. The monoisotopic (exact) mass is 337 g/mol. The molecule has 0 aliphatic carbocycles. The van der Waals surface area contributed by atoms with E-state index >= 15 is 0 Å². The maximum Gasteiger partial charge on any atom is 0.211 e. The van der Waals surface area contributed by atoms with Crippen LogP contribution in [0.2, 0.25) is 0 Å². The van der Waals surface area contributed by atoms with Gasteiger partial charge in [-0.3, -0.25) is 0 Å². The maximum absolute atomic E-state index is 6.65. The molecule has 1 atom stereocenters. The summed E-state index contributed by atoms with van der Waals surface area (Å²) in [6, 6.07) is 12.3. The number of rotatable bonds is 2. The van der Waals surface area contributed by atoms with Gasteiger partial charge in [-0.1, -0.05) is 18.2 Å². The average molecular weight is 337 g/mol. The fourth-order valence-electron chi connectivity index (χ4n) is 4.11. The lowest BCUT2D eigenvalue weighted by molar-refractivity contribution is 0.0576. The number of anilines is 1. The summed E-state index contributed by atoms with van der Waals surface area (Å²) in [6.07, 6.45) is 4.24. The van der Waals surface area contributed by atoms with E-state index in [9.17, 15) is 0 Å². The van der Waals surface area contributed by atoms with Gasteiger partial charge in [-0.25, -0.2) is 0 Å². The highest BCUT2D eigenvalue weighted by molar-refractivity contribution is 5.74. The van der Waals surface area contributed by atoms with Crippen LogP contribution in [-0.2, 0) is 5.41 Å². The SMILES string of the molecule is COc1cc(OC)c2c(c1)O[C@]1(C=C2)N(C)c2ccccc2C1(C)C. The van der Waals surface area contributed by atoms with Crippen LogP contribution < -0.4 is 19.1 Å². The quantitative estimate of drug-likeness (QED) is 0.820. The molecule has 2 aliphatic rings. The summed E-state index contributed by atoms with van der Waals surface area (Å²) in [4.78, 5) is 2.22. The van der Waals surface area contributed by atoms with Crippen molar-refractivity contribution in [2.75, 3.05) is 26.2 Å². The van der Waals surface area contributed by atoms with Gasteiger partial charge in [-0.2, -0.15) is 0 Å². The summed E-state index contributed by atoms with van der Waals surface area (Å²) in [7, 11) is 5.39. The Morgan fingerprint density at radius 1 is 1.04 bits per heavy atom. The predicted octanol–water partition coefficient (Wildman–Crippen LogP) is 4.23. The van der Waals surface area contributed by atoms with Gasteiger partial charge in [0.25, 0.3) is 0 Å². The summed E-state index contributed by atoms with van der Waals surface area (Å²) >= 11 is 0. The first-order chi connectivity index (χ1) is 11.9. The third-order valence-corrected chi connectivity index (χ3v) is 5.61. The largest absolute Gasteiger partial charge is 0.496 e. The van der Waals surface area contributed by atoms with Crippen molar-refractivity contribution in [3.05, 3.63) is 53.6 Å². The topological polar surface area (TPSA) is 30.9 Å². The van der Waals surface area contributed by atoms with Crippen LogP contribution in [0.3, 0.4) is 0 Å². The minimum atomic E-state index is -0.596. The first-order valence-corrected chi connectivity index (χ1v) is 8.42. The Bertz CT molecular complexity index is 871. The molecule has 4 rings (SSSR count). The first kappa shape index (κ1) is 15.9. The molecule has 0 saturated heterocycles. The highest BCUT2D eigenvalue weighted by Crippen LogP contribution is 2.55. The fraction of sp³-hybridized carbons (Fsp3) is 0.333. The summed E-state index contributed by atoms with van der Waals surface area (Å²) in [5, 5.41) is 0. The molecule has 2 aromatic carbocycles. The Hall–Kier alpha value is -2.62. The van der Waals surface area contributed by atoms with E-state index in [2.05, 4.69) is 62.2 Å². The standard InChI is InChI=1S/C21H23NO3/c1-20(2)16-8-6-7-9-17(16)22(3)21(20)11-10-15-18(24-5)12-14(23-4)13-19(15)25-21/h6-13H,1-5H3/t21-/m0/s1. The smallest absolute Gasteiger partial charge is 0.211 e. The van der Waals surface area contributed by atoms with E-state index in [1.165, 1.54) is 11.3 Å². The molecule has 0 unspecified atom stereocenters. The van der Waals surface area contributed by atoms with Crippen molar-refractivity contribution >= 4 is 11.8 Å². The second-order valence-corrected chi connectivity index (χ2v) is 7.07. The van der Waals surface area contributed by atoms with Crippen molar-refractivity contribution in [1.29, 1.82) is 0 Å². The van der Waals surface area contributed by atoms with Gasteiger partial charge in [0.15, 0.2) is 0 Å². The highest BCUT2D eigenvalue weighted by atomic mass is 16.5. The van der Waals surface area contributed by atoms with Crippen molar-refractivity contribution in [2.45, 2.75) is 25.0 Å². The molecule has 0 aromatic heterocycles. The van der Waals surface area contributed by atoms with Gasteiger partial charge >= 0.3 is 0 Å². The molecule has 4 heteroatoms. The lowest BCUT2D eigenvalue weighted by atomic mass is 9.76. The van der Waals surface area contributed by atoms with Crippen LogP contribution in [0.1, 0.15) is 25.0 Å². The minimum absolute atomic E-state index is 0.219. The zero-order chi connectivity index (χ0) is 17.8. The number of hydrogen-bond donors (Lipinski definition) is 0. The normalized spacial score (nSPS) is 22.4. The Morgan fingerprint density at radius 2 is 1.80 bits per heavy atom. The summed E-state index contributed by atoms with van der Waals surface area (Å²) in [6.45, 7) is 4.45. The van der Waals surface area contributed by atoms with E-state index in [4.69, 9.17) is 14.2 Å². The average Bonchev–Trinajstić information content (AvgIpc) is 2.79. The lowest BCUT2D eigenvalue weighted by Gasteiger charge is -2.46. The fourth-order valence-corrected chi connectivity index (χ4v) is 4.11. The Balaban J connectivity index is 1.89. The molecule has 130 valence electrons. The molecule has 25 heavy (non-hydrogen) atoms. The van der Waals surface area contributed by atoms with Crippen molar-refractivity contribution in [2.24, 2.45) is 0 Å². The maximum atomic E-state index is 6.65. The van der Waals surface area contributed by atoms with Crippen LogP contribution in [0.5, 0.6) is 17.2 Å². The van der Waals surface area contributed by atoms with Gasteiger partial charge in [0.1, 0.15) is 17.2 Å². The lowest BCUT2D eigenvalue weighted by Crippen LogP contribution is -2.58. The Kier molecular flexibility index (Phi) is 3.29. The third-order valence-electron chi connectivity index (χ3n) is 5.61. The van der Waals surface area contributed by atoms with Crippen LogP contribution in [0.4, 0.5) is 5.69 Å². The number of methoxy groups -OCH3 is 2. The summed E-state index contributed by atoms with van der Waals surface area (Å²) in [5.74, 6) is 2.24. The van der Waals surface area contributed by atoms with Gasteiger partial charge in [-0.05, 0) is 37.6 Å². The first-order valence-electron chi connectivity index (χ1n) is 8.42. The zero-order valence-electron chi connectivity index (χ0n) is 15.3. The van der Waals surface area contributed by atoms with E-state index < -0.39 is 5.72 Å². The van der Waals surface area contributed by atoms with E-state index in [-0.39, 0.29) is 5.41 Å². The molecule has 2 aromatic rings. The minimum Gasteiger partial charge on any atom is -0.496 e. The van der Waals surface area contributed by atoms with Gasteiger partial charge in [0.2, 0.25) is 5.72 Å². The van der Waals surface area contributed by atoms with Crippen molar-refractivity contribution in [1.82, 2.24) is 0 Å². The molecule has 0 amide bonds. The second kappa shape index (κ2) is 5.19. The zero-order valence-corrected chi connectivity index (χ0v) is 15.3. The molecule has 0 saturated carbocycles. The van der Waals surface area contributed by atoms with Crippen LogP contribution in [0, 0.1) is 0 Å². The molecule has 2 aliphatic heterocycles. The van der Waals surface area contributed by atoms with E-state index in [0.717, 1.165) is 22.8 Å². The number of likely N-dealkylation sites (N-methyl/N-ethyl adjacent to an activating group) is 1. The second-order valence-electron chi connectivity index (χ2n) is 7.07. The molecule has 0 N–H and O–H groups in total. The van der Waals surface area contributed by atoms with Crippen molar-refractivity contribution in [3.8, 4) is 17.2 Å². The molecule has 1 spiro atoms. The van der Waals surface area contributed by atoms with Gasteiger partial charge in [0.05, 0.1) is 25.2 Å². The molecule has 4 nitrogen and oxygen atoms in total. The van der Waals surface area contributed by atoms with E-state index in [0.29, 0.717) is 0 Å². The number of benzene rings is 2. The van der Waals surface area contributed by atoms with Crippen molar-refractivity contribution in [3.63, 3.8) is 0 Å². The van der Waals surface area contributed by atoms with Gasteiger partial charge < -0.3 is 19.1 Å². The molecule has 2 heterocycles. The third kappa shape index (κ3) is 1.94. The number of ether oxygens (including phenoxy) is 3. The van der Waals surface area contributed by atoms with Crippen molar-refractivity contribution < 1.29 is 14.2 Å². The summed E-state index contributed by atoms with van der Waals surface area (Å²) < 4.78 is 17.6. The van der Waals surface area contributed by atoms with E-state index in [1.54, 1.807) is 14.2 Å². The van der Waals surface area contributed by atoms with Crippen LogP contribution in [-0.4, -0.2) is 27.0 Å². The predicted molar refractivity (Wildman–Crippen MR) is 99.8 cm³/mol. The summed E-state index contributed by atoms with van der Waals surface area (Å²) in [5.41, 5.74) is 2.59. The molecule has 0 bridgehead atoms. The Labute approximate surface area is 148 Å². The van der Waals surface area contributed by atoms with Gasteiger partial charge in [0, 0.05) is 24.9 Å². The Morgan fingerprint density at radius 3 is 2.48 bits per heavy atom. The van der Waals surface area contributed by atoms with Crippen LogP contribution in [0.25, 0.3) is 6.08 Å². The van der Waals surface area contributed by atoms with Crippen LogP contribution in [0.15, 0.2) is 42.5 Å². The van der Waals surface area contributed by atoms with Gasteiger partial charge in [-0.15, -0.1) is 0 Å². The molecule has 0 radical (unpaired) electrons. The number of para-hydroxylation sites is 1.